The van der Waals surface area contributed by atoms with E-state index in [1.54, 1.807) is 0 Å². The molecule has 0 unspecified atom stereocenters. The molecule has 2 fully saturated rings. The second-order valence-corrected chi connectivity index (χ2v) is 6.41. The van der Waals surface area contributed by atoms with Crippen LogP contribution in [0.3, 0.4) is 0 Å². The Balaban J connectivity index is 1.85. The number of rotatable bonds is 2. The quantitative estimate of drug-likeness (QED) is 0.852. The third-order valence-electron chi connectivity index (χ3n) is 4.17. The van der Waals surface area contributed by atoms with Crippen LogP contribution in [0, 0.1) is 11.6 Å². The van der Waals surface area contributed by atoms with E-state index in [0.29, 0.717) is 5.03 Å². The molecule has 0 aromatic heterocycles. The lowest BCUT2D eigenvalue weighted by Gasteiger charge is -2.23. The largest absolute Gasteiger partial charge is 0.394 e. The number of hydrogen-bond acceptors (Lipinski definition) is 3. The van der Waals surface area contributed by atoms with Crippen molar-refractivity contribution >= 4 is 11.6 Å². The van der Waals surface area contributed by atoms with Gasteiger partial charge in [-0.1, -0.05) is 11.6 Å². The Morgan fingerprint density at radius 2 is 2.05 bits per heavy atom. The van der Waals surface area contributed by atoms with Gasteiger partial charge >= 0.3 is 0 Å². The monoisotopic (exact) mass is 305 g/mol. The molecule has 0 bridgehead atoms. The minimum absolute atomic E-state index is 0.0372. The molecule has 0 aromatic carbocycles. The SMILES string of the molecule is OC[C@@H]1OC2(CCCC2)O[C@H]1C1=C(Cl)C=C([ClH+])CC1. The molecular formula is C14H19Cl2O3+. The first-order valence-electron chi connectivity index (χ1n) is 6.86. The second-order valence-electron chi connectivity index (χ2n) is 5.48. The Labute approximate surface area is 123 Å². The maximum Gasteiger partial charge on any atom is 0.204 e. The van der Waals surface area contributed by atoms with E-state index in [-0.39, 0.29) is 18.8 Å². The van der Waals surface area contributed by atoms with E-state index in [2.05, 4.69) is 0 Å². The summed E-state index contributed by atoms with van der Waals surface area (Å²) in [5, 5.41) is 11.1. The molecule has 1 saturated heterocycles. The first-order valence-corrected chi connectivity index (χ1v) is 7.65. The van der Waals surface area contributed by atoms with Crippen molar-refractivity contribution in [1.29, 1.82) is 0 Å². The summed E-state index contributed by atoms with van der Waals surface area (Å²) in [6, 6.07) is 0. The van der Waals surface area contributed by atoms with Crippen LogP contribution in [0.25, 0.3) is 0 Å². The lowest BCUT2D eigenvalue weighted by Crippen LogP contribution is -2.29. The van der Waals surface area contributed by atoms with Crippen molar-refractivity contribution in [2.45, 2.75) is 56.5 Å². The van der Waals surface area contributed by atoms with Gasteiger partial charge < -0.3 is 14.6 Å². The molecule has 2 atom stereocenters. The van der Waals surface area contributed by atoms with Crippen LogP contribution in [0.1, 0.15) is 38.5 Å². The standard InChI is InChI=1S/C14H19Cl2O3/c15-9-3-4-10(11(16)7-9)13-12(8-17)18-14(19-13)5-1-2-6-14/h7,12-13,15,17H,1-6,8H2/q+1/t12-,13-/m0/s1. The maximum absolute atomic E-state index is 9.54. The highest BCUT2D eigenvalue weighted by Crippen LogP contribution is 2.45. The average Bonchev–Trinajstić information content (AvgIpc) is 2.97. The van der Waals surface area contributed by atoms with Gasteiger partial charge in [0, 0.05) is 30.4 Å². The first kappa shape index (κ1) is 13.9. The fraction of sp³-hybridized carbons (Fsp3) is 0.714. The average molecular weight is 306 g/mol. The smallest absolute Gasteiger partial charge is 0.204 e. The van der Waals surface area contributed by atoms with Gasteiger partial charge in [0.15, 0.2) is 5.79 Å². The van der Waals surface area contributed by atoms with Gasteiger partial charge in [-0.3, -0.25) is 0 Å². The summed E-state index contributed by atoms with van der Waals surface area (Å²) < 4.78 is 12.2. The van der Waals surface area contributed by atoms with Crippen molar-refractivity contribution in [3.05, 3.63) is 21.7 Å². The van der Waals surface area contributed by atoms with Crippen LogP contribution in [0.5, 0.6) is 0 Å². The number of aliphatic hydroxyl groups is 1. The molecule has 0 radical (unpaired) electrons. The van der Waals surface area contributed by atoms with Crippen molar-refractivity contribution in [3.8, 4) is 0 Å². The highest BCUT2D eigenvalue weighted by Gasteiger charge is 2.50. The van der Waals surface area contributed by atoms with Crippen LogP contribution >= 0.6 is 11.6 Å². The molecular weight excluding hydrogens is 287 g/mol. The molecule has 0 aromatic rings. The predicted octanol–water partition coefficient (Wildman–Crippen LogP) is 2.49. The van der Waals surface area contributed by atoms with Crippen molar-refractivity contribution < 1.29 is 26.2 Å². The van der Waals surface area contributed by atoms with Crippen LogP contribution in [0.2, 0.25) is 0 Å². The number of ether oxygens (including phenoxy) is 2. The van der Waals surface area contributed by atoms with Crippen molar-refractivity contribution in [2.24, 2.45) is 0 Å². The molecule has 1 saturated carbocycles. The number of aliphatic hydroxyl groups excluding tert-OH is 1. The van der Waals surface area contributed by atoms with Crippen LogP contribution in [0.15, 0.2) is 21.7 Å². The van der Waals surface area contributed by atoms with Crippen molar-refractivity contribution in [2.75, 3.05) is 6.61 Å². The van der Waals surface area contributed by atoms with Crippen LogP contribution in [0.4, 0.5) is 0 Å². The summed E-state index contributed by atoms with van der Waals surface area (Å²) in [5.74, 6) is -0.486. The molecule has 3 aliphatic rings. The van der Waals surface area contributed by atoms with E-state index < -0.39 is 5.79 Å². The van der Waals surface area contributed by atoms with Crippen LogP contribution < -0.4 is 0 Å². The molecule has 0 amide bonds. The van der Waals surface area contributed by atoms with Crippen LogP contribution in [-0.4, -0.2) is 29.7 Å². The minimum atomic E-state index is -0.486. The van der Waals surface area contributed by atoms with Gasteiger partial charge in [-0.25, -0.2) is 0 Å². The van der Waals surface area contributed by atoms with Gasteiger partial charge in [-0.2, -0.15) is 0 Å². The summed E-state index contributed by atoms with van der Waals surface area (Å²) in [4.78, 5) is 0. The van der Waals surface area contributed by atoms with E-state index in [4.69, 9.17) is 32.7 Å². The van der Waals surface area contributed by atoms with E-state index in [0.717, 1.165) is 49.1 Å². The Kier molecular flexibility index (Phi) is 3.93. The van der Waals surface area contributed by atoms with Gasteiger partial charge in [0.2, 0.25) is 5.03 Å². The lowest BCUT2D eigenvalue weighted by atomic mass is 9.96. The Morgan fingerprint density at radius 3 is 2.68 bits per heavy atom. The maximum atomic E-state index is 9.54. The summed E-state index contributed by atoms with van der Waals surface area (Å²) in [6.07, 6.45) is 6.98. The highest BCUT2D eigenvalue weighted by atomic mass is 35.5. The Morgan fingerprint density at radius 1 is 1.32 bits per heavy atom. The van der Waals surface area contributed by atoms with E-state index in [9.17, 15) is 5.11 Å². The summed E-state index contributed by atoms with van der Waals surface area (Å²) >= 11 is 11.5. The van der Waals surface area contributed by atoms with Crippen molar-refractivity contribution in [3.63, 3.8) is 0 Å². The van der Waals surface area contributed by atoms with E-state index >= 15 is 0 Å². The topological polar surface area (TPSA) is 38.7 Å². The Bertz CT molecular complexity index is 424. The van der Waals surface area contributed by atoms with Gasteiger partial charge in [-0.15, -0.1) is 0 Å². The third-order valence-corrected chi connectivity index (χ3v) is 4.84. The zero-order valence-electron chi connectivity index (χ0n) is 10.7. The molecule has 19 heavy (non-hydrogen) atoms. The molecule has 5 heteroatoms. The fourth-order valence-electron chi connectivity index (χ4n) is 3.21. The molecule has 1 heterocycles. The third kappa shape index (κ3) is 2.59. The Hall–Kier alpha value is -0.0600. The second kappa shape index (κ2) is 5.38. The molecule has 3 nitrogen and oxygen atoms in total. The molecule has 1 spiro atoms. The lowest BCUT2D eigenvalue weighted by molar-refractivity contribution is -0.307. The van der Waals surface area contributed by atoms with Crippen LogP contribution in [-0.2, 0) is 9.47 Å². The molecule has 1 N–H and O–H groups in total. The van der Waals surface area contributed by atoms with Gasteiger partial charge in [0.1, 0.15) is 23.8 Å². The minimum Gasteiger partial charge on any atom is -0.394 e. The van der Waals surface area contributed by atoms with Gasteiger partial charge in [0.05, 0.1) is 6.61 Å². The summed E-state index contributed by atoms with van der Waals surface area (Å²) in [5.41, 5.74) is 1.03. The zero-order chi connectivity index (χ0) is 13.5. The van der Waals surface area contributed by atoms with Gasteiger partial charge in [0.25, 0.3) is 0 Å². The summed E-state index contributed by atoms with van der Waals surface area (Å²) in [6.45, 7) is -0.0372. The highest BCUT2D eigenvalue weighted by molar-refractivity contribution is 6.31. The number of allylic oxidation sites excluding steroid dienone is 3. The molecule has 2 aliphatic carbocycles. The van der Waals surface area contributed by atoms with E-state index in [1.165, 1.54) is 0 Å². The first-order chi connectivity index (χ1) is 9.13. The van der Waals surface area contributed by atoms with Crippen molar-refractivity contribution in [1.82, 2.24) is 0 Å². The normalized spacial score (nSPS) is 34.2. The number of hydrogen-bond donors (Lipinski definition) is 1. The van der Waals surface area contributed by atoms with E-state index in [1.807, 2.05) is 6.08 Å². The molecule has 1 aliphatic heterocycles. The molecule has 3 rings (SSSR count). The van der Waals surface area contributed by atoms with Gasteiger partial charge in [-0.05, 0) is 24.8 Å². The predicted molar refractivity (Wildman–Crippen MR) is 69.6 cm³/mol. The molecule has 106 valence electrons. The number of halogens is 2. The zero-order valence-corrected chi connectivity index (χ0v) is 12.3. The fourth-order valence-corrected chi connectivity index (χ4v) is 3.83. The summed E-state index contributed by atoms with van der Waals surface area (Å²) in [7, 11) is 0.